The summed E-state index contributed by atoms with van der Waals surface area (Å²) in [7, 11) is 0. The SMILES string of the molecule is C=CCCCCCCCCCC.C=CCCCCCCCCCC.S. The molecule has 25 heavy (non-hydrogen) atoms. The van der Waals surface area contributed by atoms with E-state index >= 15 is 0 Å². The highest BCUT2D eigenvalue weighted by molar-refractivity contribution is 7.59. The van der Waals surface area contributed by atoms with Crippen LogP contribution in [0.3, 0.4) is 0 Å². The van der Waals surface area contributed by atoms with Gasteiger partial charge in [0.25, 0.3) is 0 Å². The van der Waals surface area contributed by atoms with E-state index in [1.165, 1.54) is 116 Å². The number of hydrogen-bond donors (Lipinski definition) is 0. The average Bonchev–Trinajstić information content (AvgIpc) is 2.60. The Hall–Kier alpha value is -0.170. The molecule has 0 saturated carbocycles. The standard InChI is InChI=1S/2C12H24.H2S/c2*1-3-5-7-9-11-12-10-8-6-4-2;/h2*3H,1,4-12H2,2H3;1H2. The fourth-order valence-electron chi connectivity index (χ4n) is 2.85. The van der Waals surface area contributed by atoms with Gasteiger partial charge in [-0.3, -0.25) is 0 Å². The highest BCUT2D eigenvalue weighted by Crippen LogP contribution is 2.10. The van der Waals surface area contributed by atoms with Gasteiger partial charge in [0, 0.05) is 0 Å². The largest absolute Gasteiger partial charge is 0.197 e. The van der Waals surface area contributed by atoms with E-state index in [4.69, 9.17) is 0 Å². The van der Waals surface area contributed by atoms with Crippen molar-refractivity contribution in [2.24, 2.45) is 0 Å². The topological polar surface area (TPSA) is 0 Å². The molecule has 0 N–H and O–H groups in total. The van der Waals surface area contributed by atoms with E-state index in [9.17, 15) is 0 Å². The molecule has 0 bridgehead atoms. The number of unbranched alkanes of at least 4 members (excludes halogenated alkanes) is 16. The highest BCUT2D eigenvalue weighted by Gasteiger charge is 1.90. The summed E-state index contributed by atoms with van der Waals surface area (Å²) in [5.74, 6) is 0. The van der Waals surface area contributed by atoms with Crippen molar-refractivity contribution in [3.8, 4) is 0 Å². The summed E-state index contributed by atoms with van der Waals surface area (Å²) in [5.41, 5.74) is 0. The van der Waals surface area contributed by atoms with Gasteiger partial charge in [0.05, 0.1) is 0 Å². The Balaban J connectivity index is -0.000000372. The lowest BCUT2D eigenvalue weighted by molar-refractivity contribution is 0.578. The Labute approximate surface area is 168 Å². The van der Waals surface area contributed by atoms with E-state index in [0.717, 1.165) is 0 Å². The van der Waals surface area contributed by atoms with Gasteiger partial charge in [0.2, 0.25) is 0 Å². The summed E-state index contributed by atoms with van der Waals surface area (Å²) in [4.78, 5) is 0. The van der Waals surface area contributed by atoms with Gasteiger partial charge in [-0.25, -0.2) is 0 Å². The van der Waals surface area contributed by atoms with Crippen LogP contribution in [0.15, 0.2) is 25.3 Å². The quantitative estimate of drug-likeness (QED) is 0.166. The third kappa shape index (κ3) is 35.7. The van der Waals surface area contributed by atoms with Crippen LogP contribution in [-0.2, 0) is 0 Å². The monoisotopic (exact) mass is 370 g/mol. The van der Waals surface area contributed by atoms with Gasteiger partial charge >= 0.3 is 0 Å². The summed E-state index contributed by atoms with van der Waals surface area (Å²) >= 11 is 0. The molecule has 0 nitrogen and oxygen atoms in total. The third-order valence-corrected chi connectivity index (χ3v) is 4.52. The molecule has 0 unspecified atom stereocenters. The van der Waals surface area contributed by atoms with Gasteiger partial charge in [0.1, 0.15) is 0 Å². The van der Waals surface area contributed by atoms with Gasteiger partial charge < -0.3 is 0 Å². The van der Waals surface area contributed by atoms with Crippen LogP contribution in [0, 0.1) is 0 Å². The van der Waals surface area contributed by atoms with Gasteiger partial charge in [-0.15, -0.1) is 13.2 Å². The van der Waals surface area contributed by atoms with Crippen LogP contribution in [0.25, 0.3) is 0 Å². The zero-order chi connectivity index (χ0) is 18.1. The molecule has 0 aromatic heterocycles. The van der Waals surface area contributed by atoms with Crippen molar-refractivity contribution in [1.29, 1.82) is 0 Å². The highest BCUT2D eigenvalue weighted by atomic mass is 32.1. The van der Waals surface area contributed by atoms with Crippen LogP contribution >= 0.6 is 13.5 Å². The smallest absolute Gasteiger partial charge is 0.0353 e. The summed E-state index contributed by atoms with van der Waals surface area (Å²) < 4.78 is 0. The Morgan fingerprint density at radius 1 is 0.440 bits per heavy atom. The number of hydrogen-bond acceptors (Lipinski definition) is 0. The summed E-state index contributed by atoms with van der Waals surface area (Å²) in [6, 6.07) is 0. The second kappa shape index (κ2) is 31.6. The van der Waals surface area contributed by atoms with E-state index < -0.39 is 0 Å². The summed E-state index contributed by atoms with van der Waals surface area (Å²) in [6.45, 7) is 12.0. The molecule has 0 spiro atoms. The van der Waals surface area contributed by atoms with Gasteiger partial charge in [-0.2, -0.15) is 13.5 Å². The lowest BCUT2D eigenvalue weighted by Gasteiger charge is -1.99. The van der Waals surface area contributed by atoms with E-state index in [1.807, 2.05) is 12.2 Å². The van der Waals surface area contributed by atoms with E-state index in [2.05, 4.69) is 27.0 Å². The normalized spacial score (nSPS) is 9.68. The first-order valence-corrected chi connectivity index (χ1v) is 11.0. The molecule has 0 fully saturated rings. The van der Waals surface area contributed by atoms with E-state index in [-0.39, 0.29) is 13.5 Å². The molecule has 0 atom stereocenters. The van der Waals surface area contributed by atoms with Crippen LogP contribution in [0.4, 0.5) is 0 Å². The molecule has 152 valence electrons. The van der Waals surface area contributed by atoms with Gasteiger partial charge in [-0.1, -0.05) is 116 Å². The summed E-state index contributed by atoms with van der Waals surface area (Å²) in [5, 5.41) is 0. The van der Waals surface area contributed by atoms with E-state index in [1.54, 1.807) is 0 Å². The third-order valence-electron chi connectivity index (χ3n) is 4.52. The zero-order valence-corrected chi connectivity index (χ0v) is 18.8. The zero-order valence-electron chi connectivity index (χ0n) is 17.8. The van der Waals surface area contributed by atoms with Crippen molar-refractivity contribution in [2.75, 3.05) is 0 Å². The second-order valence-corrected chi connectivity index (χ2v) is 7.10. The Morgan fingerprint density at radius 3 is 0.920 bits per heavy atom. The minimum Gasteiger partial charge on any atom is -0.197 e. The van der Waals surface area contributed by atoms with Gasteiger partial charge in [0.15, 0.2) is 0 Å². The maximum Gasteiger partial charge on any atom is -0.0353 e. The van der Waals surface area contributed by atoms with Crippen LogP contribution in [0.2, 0.25) is 0 Å². The van der Waals surface area contributed by atoms with Crippen molar-refractivity contribution in [3.05, 3.63) is 25.3 Å². The number of rotatable bonds is 18. The molecule has 0 aromatic carbocycles. The van der Waals surface area contributed by atoms with Crippen LogP contribution in [-0.4, -0.2) is 0 Å². The second-order valence-electron chi connectivity index (χ2n) is 7.10. The van der Waals surface area contributed by atoms with Crippen molar-refractivity contribution in [1.82, 2.24) is 0 Å². The number of allylic oxidation sites excluding steroid dienone is 2. The molecule has 0 aliphatic carbocycles. The lowest BCUT2D eigenvalue weighted by atomic mass is 10.1. The fourth-order valence-corrected chi connectivity index (χ4v) is 2.85. The predicted octanol–water partition coefficient (Wildman–Crippen LogP) is 9.52. The Morgan fingerprint density at radius 2 is 0.680 bits per heavy atom. The first kappa shape index (κ1) is 29.6. The first-order valence-electron chi connectivity index (χ1n) is 11.0. The molecule has 0 aromatic rings. The maximum absolute atomic E-state index is 3.72. The molecular formula is C24H50S. The molecule has 0 rings (SSSR count). The Kier molecular flexibility index (Phi) is 37.4. The van der Waals surface area contributed by atoms with Crippen molar-refractivity contribution in [3.63, 3.8) is 0 Å². The molecule has 0 saturated heterocycles. The summed E-state index contributed by atoms with van der Waals surface area (Å²) in [6.07, 6.45) is 29.0. The van der Waals surface area contributed by atoms with Crippen molar-refractivity contribution >= 4 is 13.5 Å². The molecule has 0 heterocycles. The van der Waals surface area contributed by atoms with E-state index in [0.29, 0.717) is 0 Å². The predicted molar refractivity (Wildman–Crippen MR) is 125 cm³/mol. The molecular weight excluding hydrogens is 320 g/mol. The first-order chi connectivity index (χ1) is 11.8. The fraction of sp³-hybridized carbons (Fsp3) is 0.833. The lowest BCUT2D eigenvalue weighted by Crippen LogP contribution is -1.79. The maximum atomic E-state index is 3.72. The average molecular weight is 371 g/mol. The Bertz CT molecular complexity index is 198. The van der Waals surface area contributed by atoms with Gasteiger partial charge in [-0.05, 0) is 25.7 Å². The molecule has 0 radical (unpaired) electrons. The van der Waals surface area contributed by atoms with Crippen LogP contribution in [0.1, 0.15) is 129 Å². The molecule has 0 aliphatic heterocycles. The molecule has 0 aliphatic rings. The minimum atomic E-state index is 0. The van der Waals surface area contributed by atoms with Crippen molar-refractivity contribution in [2.45, 2.75) is 129 Å². The van der Waals surface area contributed by atoms with Crippen LogP contribution in [0.5, 0.6) is 0 Å². The van der Waals surface area contributed by atoms with Crippen LogP contribution < -0.4 is 0 Å². The van der Waals surface area contributed by atoms with Crippen molar-refractivity contribution < 1.29 is 0 Å². The molecule has 1 heteroatoms. The minimum absolute atomic E-state index is 0. The molecule has 0 amide bonds.